The molecule has 3 atom stereocenters. The molecule has 0 bridgehead atoms. The number of carbonyl (C=O) groups excluding carboxylic acids is 1. The Morgan fingerprint density at radius 2 is 2.04 bits per heavy atom. The van der Waals surface area contributed by atoms with Crippen molar-refractivity contribution in [3.05, 3.63) is 42.5 Å². The van der Waals surface area contributed by atoms with E-state index in [2.05, 4.69) is 6.58 Å². The van der Waals surface area contributed by atoms with Gasteiger partial charge in [-0.1, -0.05) is 39.0 Å². The molecule has 1 heterocycles. The highest BCUT2D eigenvalue weighted by Crippen LogP contribution is 2.40. The van der Waals surface area contributed by atoms with Gasteiger partial charge in [-0.3, -0.25) is 4.79 Å². The van der Waals surface area contributed by atoms with Crippen molar-refractivity contribution in [2.45, 2.75) is 46.0 Å². The van der Waals surface area contributed by atoms with Crippen LogP contribution in [0, 0.1) is 11.3 Å². The second kappa shape index (κ2) is 7.95. The lowest BCUT2D eigenvalue weighted by Gasteiger charge is -2.43. The summed E-state index contributed by atoms with van der Waals surface area (Å²) in [5.74, 6) is 1.12. The van der Waals surface area contributed by atoms with Crippen molar-refractivity contribution in [1.29, 1.82) is 0 Å². The number of ketones is 1. The Morgan fingerprint density at radius 1 is 1.38 bits per heavy atom. The van der Waals surface area contributed by atoms with E-state index in [1.54, 1.807) is 7.11 Å². The topological polar surface area (TPSA) is 44.8 Å². The fourth-order valence-electron chi connectivity index (χ4n) is 3.30. The predicted molar refractivity (Wildman–Crippen MR) is 93.9 cm³/mol. The zero-order valence-corrected chi connectivity index (χ0v) is 15.1. The zero-order valence-electron chi connectivity index (χ0n) is 15.1. The molecule has 0 aromatic heterocycles. The fraction of sp³-hybridized carbons (Fsp3) is 0.550. The zero-order chi connectivity index (χ0) is 17.7. The first-order chi connectivity index (χ1) is 11.4. The van der Waals surface area contributed by atoms with Crippen molar-refractivity contribution in [2.75, 3.05) is 13.7 Å². The van der Waals surface area contributed by atoms with Crippen LogP contribution >= 0.6 is 0 Å². The average molecular weight is 332 g/mol. The second-order valence-corrected chi connectivity index (χ2v) is 6.78. The maximum Gasteiger partial charge on any atom is 0.184 e. The SMILES string of the molecule is C=CC[C@@H]1COC(c2ccc(OC)cc2)O[C@@H]1C(C)(C)C(=O)CC. The van der Waals surface area contributed by atoms with Crippen molar-refractivity contribution < 1.29 is 19.0 Å². The highest BCUT2D eigenvalue weighted by Gasteiger charge is 2.45. The van der Waals surface area contributed by atoms with E-state index in [9.17, 15) is 4.79 Å². The highest BCUT2D eigenvalue weighted by molar-refractivity contribution is 5.84. The average Bonchev–Trinajstić information content (AvgIpc) is 2.61. The lowest BCUT2D eigenvalue weighted by Crippen LogP contribution is -2.48. The summed E-state index contributed by atoms with van der Waals surface area (Å²) in [4.78, 5) is 12.4. The van der Waals surface area contributed by atoms with E-state index < -0.39 is 11.7 Å². The van der Waals surface area contributed by atoms with E-state index in [-0.39, 0.29) is 17.8 Å². The minimum Gasteiger partial charge on any atom is -0.497 e. The van der Waals surface area contributed by atoms with E-state index in [0.29, 0.717) is 13.0 Å². The van der Waals surface area contributed by atoms with Gasteiger partial charge in [0.2, 0.25) is 0 Å². The van der Waals surface area contributed by atoms with Crippen LogP contribution in [0.4, 0.5) is 0 Å². The number of allylic oxidation sites excluding steroid dienone is 1. The molecule has 4 nitrogen and oxygen atoms in total. The maximum absolute atomic E-state index is 12.4. The van der Waals surface area contributed by atoms with Gasteiger partial charge >= 0.3 is 0 Å². The Hall–Kier alpha value is -1.65. The van der Waals surface area contributed by atoms with Gasteiger partial charge in [0.1, 0.15) is 11.5 Å². The van der Waals surface area contributed by atoms with Crippen LogP contribution in [-0.2, 0) is 14.3 Å². The first-order valence-electron chi connectivity index (χ1n) is 8.49. The number of hydrogen-bond donors (Lipinski definition) is 0. The van der Waals surface area contributed by atoms with Crippen LogP contribution in [0.5, 0.6) is 5.75 Å². The molecule has 24 heavy (non-hydrogen) atoms. The van der Waals surface area contributed by atoms with Gasteiger partial charge in [-0.25, -0.2) is 0 Å². The van der Waals surface area contributed by atoms with Crippen molar-refractivity contribution in [3.8, 4) is 5.75 Å². The molecule has 1 saturated heterocycles. The van der Waals surface area contributed by atoms with Gasteiger partial charge in [-0.15, -0.1) is 6.58 Å². The van der Waals surface area contributed by atoms with Crippen LogP contribution in [0.2, 0.25) is 0 Å². The summed E-state index contributed by atoms with van der Waals surface area (Å²) in [7, 11) is 1.64. The highest BCUT2D eigenvalue weighted by atomic mass is 16.7. The first-order valence-corrected chi connectivity index (χ1v) is 8.49. The molecule has 4 heteroatoms. The lowest BCUT2D eigenvalue weighted by atomic mass is 9.74. The Bertz CT molecular complexity index is 562. The van der Waals surface area contributed by atoms with Crippen LogP contribution in [0.1, 0.15) is 45.5 Å². The van der Waals surface area contributed by atoms with Crippen LogP contribution in [-0.4, -0.2) is 25.6 Å². The summed E-state index contributed by atoms with van der Waals surface area (Å²) in [6.45, 7) is 10.2. The minimum atomic E-state index is -0.559. The third kappa shape index (κ3) is 3.87. The Morgan fingerprint density at radius 3 is 2.58 bits per heavy atom. The van der Waals surface area contributed by atoms with Crippen molar-refractivity contribution in [1.82, 2.24) is 0 Å². The molecule has 1 aromatic rings. The van der Waals surface area contributed by atoms with E-state index in [1.807, 2.05) is 51.1 Å². The smallest absolute Gasteiger partial charge is 0.184 e. The van der Waals surface area contributed by atoms with Gasteiger partial charge in [0.15, 0.2) is 6.29 Å². The summed E-state index contributed by atoms with van der Waals surface area (Å²) in [5.41, 5.74) is 0.370. The third-order valence-electron chi connectivity index (χ3n) is 4.77. The summed E-state index contributed by atoms with van der Waals surface area (Å²) in [5, 5.41) is 0. The molecular weight excluding hydrogens is 304 g/mol. The first kappa shape index (κ1) is 18.7. The summed E-state index contributed by atoms with van der Waals surface area (Å²) in [6, 6.07) is 7.64. The molecule has 1 aliphatic rings. The standard InChI is InChI=1S/C20H28O4/c1-6-8-15-13-23-19(14-9-11-16(22-5)12-10-14)24-18(15)20(3,4)17(21)7-2/h6,9-12,15,18-19H,1,7-8,13H2,2-5H3/t15-,18+,19?/m1/s1. The Balaban J connectivity index is 2.23. The Kier molecular flexibility index (Phi) is 6.19. The molecular formula is C20H28O4. The van der Waals surface area contributed by atoms with Crippen molar-refractivity contribution in [2.24, 2.45) is 11.3 Å². The van der Waals surface area contributed by atoms with Gasteiger partial charge in [0, 0.05) is 23.3 Å². The van der Waals surface area contributed by atoms with Crippen molar-refractivity contribution >= 4 is 5.78 Å². The number of benzene rings is 1. The lowest BCUT2D eigenvalue weighted by molar-refractivity contribution is -0.262. The molecule has 1 fully saturated rings. The maximum atomic E-state index is 12.4. The molecule has 1 aliphatic heterocycles. The molecule has 1 aromatic carbocycles. The predicted octanol–water partition coefficient (Wildman–Crippen LogP) is 4.31. The van der Waals surface area contributed by atoms with E-state index in [1.165, 1.54) is 0 Å². The fourth-order valence-corrected chi connectivity index (χ4v) is 3.30. The number of rotatable bonds is 7. The molecule has 2 rings (SSSR count). The normalized spacial score (nSPS) is 24.4. The number of carbonyl (C=O) groups is 1. The monoisotopic (exact) mass is 332 g/mol. The number of ether oxygens (including phenoxy) is 3. The summed E-state index contributed by atoms with van der Waals surface area (Å²) < 4.78 is 17.4. The van der Waals surface area contributed by atoms with E-state index >= 15 is 0 Å². The van der Waals surface area contributed by atoms with E-state index in [4.69, 9.17) is 14.2 Å². The van der Waals surface area contributed by atoms with Gasteiger partial charge in [-0.2, -0.15) is 0 Å². The van der Waals surface area contributed by atoms with Crippen LogP contribution < -0.4 is 4.74 Å². The van der Waals surface area contributed by atoms with Crippen molar-refractivity contribution in [3.63, 3.8) is 0 Å². The van der Waals surface area contributed by atoms with E-state index in [0.717, 1.165) is 17.7 Å². The molecule has 132 valence electrons. The van der Waals surface area contributed by atoms with Gasteiger partial charge < -0.3 is 14.2 Å². The van der Waals surface area contributed by atoms with Gasteiger partial charge in [-0.05, 0) is 18.6 Å². The quantitative estimate of drug-likeness (QED) is 0.698. The van der Waals surface area contributed by atoms with Gasteiger partial charge in [0.05, 0.1) is 19.8 Å². The van der Waals surface area contributed by atoms with Crippen LogP contribution in [0.3, 0.4) is 0 Å². The molecule has 0 saturated carbocycles. The molecule has 1 unspecified atom stereocenters. The van der Waals surface area contributed by atoms with Crippen LogP contribution in [0.15, 0.2) is 36.9 Å². The Labute approximate surface area is 144 Å². The largest absolute Gasteiger partial charge is 0.497 e. The van der Waals surface area contributed by atoms with Crippen LogP contribution in [0.25, 0.3) is 0 Å². The summed E-state index contributed by atoms with van der Waals surface area (Å²) >= 11 is 0. The molecule has 0 N–H and O–H groups in total. The minimum absolute atomic E-state index is 0.127. The van der Waals surface area contributed by atoms with Gasteiger partial charge in [0.25, 0.3) is 0 Å². The molecule has 0 spiro atoms. The third-order valence-corrected chi connectivity index (χ3v) is 4.77. The number of Topliss-reactive ketones (excluding diaryl/α,β-unsaturated/α-hetero) is 1. The molecule has 0 amide bonds. The molecule has 0 radical (unpaired) electrons. The molecule has 0 aliphatic carbocycles. The number of methoxy groups -OCH3 is 1. The number of hydrogen-bond acceptors (Lipinski definition) is 4. The second-order valence-electron chi connectivity index (χ2n) is 6.78. The summed E-state index contributed by atoms with van der Waals surface area (Å²) in [6.07, 6.45) is 2.46.